The summed E-state index contributed by atoms with van der Waals surface area (Å²) >= 11 is 0. The van der Waals surface area contributed by atoms with Gasteiger partial charge in [-0.3, -0.25) is 4.79 Å². The van der Waals surface area contributed by atoms with Gasteiger partial charge in [-0.25, -0.2) is 0 Å². The summed E-state index contributed by atoms with van der Waals surface area (Å²) in [7, 11) is 0. The first-order chi connectivity index (χ1) is 7.29. The number of aliphatic hydroxyl groups excluding tert-OH is 1. The van der Waals surface area contributed by atoms with Crippen molar-refractivity contribution in [3.63, 3.8) is 0 Å². The van der Waals surface area contributed by atoms with E-state index in [1.807, 2.05) is 4.90 Å². The second kappa shape index (κ2) is 4.92. The maximum atomic E-state index is 11.5. The minimum Gasteiger partial charge on any atom is -0.394 e. The molecule has 0 radical (unpaired) electrons. The van der Waals surface area contributed by atoms with Gasteiger partial charge in [-0.15, -0.1) is 0 Å². The molecule has 2 saturated heterocycles. The monoisotopic (exact) mass is 214 g/mol. The van der Waals surface area contributed by atoms with E-state index >= 15 is 0 Å². The zero-order valence-electron chi connectivity index (χ0n) is 8.82. The molecule has 2 atom stereocenters. The van der Waals surface area contributed by atoms with Crippen LogP contribution in [0.2, 0.25) is 0 Å². The van der Waals surface area contributed by atoms with Crippen molar-refractivity contribution in [1.29, 1.82) is 0 Å². The lowest BCUT2D eigenvalue weighted by atomic mass is 10.1. The van der Waals surface area contributed by atoms with Gasteiger partial charge >= 0.3 is 0 Å². The van der Waals surface area contributed by atoms with E-state index in [2.05, 4.69) is 5.32 Å². The number of aliphatic hydroxyl groups is 1. The van der Waals surface area contributed by atoms with Crippen LogP contribution in [0.15, 0.2) is 0 Å². The normalized spacial score (nSPS) is 32.3. The summed E-state index contributed by atoms with van der Waals surface area (Å²) in [6, 6.07) is 0. The third kappa shape index (κ3) is 2.68. The summed E-state index contributed by atoms with van der Waals surface area (Å²) in [4.78, 5) is 13.4. The molecular formula is C10H18N2O3. The van der Waals surface area contributed by atoms with Gasteiger partial charge in [0.25, 0.3) is 0 Å². The molecule has 5 nitrogen and oxygen atoms in total. The van der Waals surface area contributed by atoms with Crippen LogP contribution < -0.4 is 5.32 Å². The molecule has 2 unspecified atom stereocenters. The Bertz CT molecular complexity index is 229. The molecule has 0 aromatic carbocycles. The van der Waals surface area contributed by atoms with Crippen LogP contribution in [-0.4, -0.2) is 61.4 Å². The molecule has 0 aromatic heterocycles. The smallest absolute Gasteiger partial charge is 0.248 e. The van der Waals surface area contributed by atoms with Gasteiger partial charge in [0.2, 0.25) is 5.91 Å². The Morgan fingerprint density at radius 2 is 2.47 bits per heavy atom. The molecule has 0 spiro atoms. The van der Waals surface area contributed by atoms with Crippen LogP contribution in [0, 0.1) is 5.92 Å². The Hall–Kier alpha value is -0.650. The molecule has 1 amide bonds. The number of rotatable bonds is 3. The number of amides is 1. The Morgan fingerprint density at radius 3 is 3.13 bits per heavy atom. The van der Waals surface area contributed by atoms with Crippen molar-refractivity contribution in [2.24, 2.45) is 5.92 Å². The van der Waals surface area contributed by atoms with Crippen LogP contribution in [0.1, 0.15) is 6.42 Å². The predicted octanol–water partition coefficient (Wildman–Crippen LogP) is -1.18. The molecule has 2 N–H and O–H groups in total. The minimum atomic E-state index is -0.197. The third-order valence-electron chi connectivity index (χ3n) is 3.06. The Labute approximate surface area is 89.4 Å². The number of hydrogen-bond acceptors (Lipinski definition) is 4. The number of hydrogen-bond donors (Lipinski definition) is 2. The van der Waals surface area contributed by atoms with E-state index in [0.717, 1.165) is 26.1 Å². The molecule has 15 heavy (non-hydrogen) atoms. The first-order valence-corrected chi connectivity index (χ1v) is 5.50. The van der Waals surface area contributed by atoms with E-state index in [0.29, 0.717) is 12.5 Å². The van der Waals surface area contributed by atoms with Crippen molar-refractivity contribution in [2.45, 2.75) is 12.5 Å². The summed E-state index contributed by atoms with van der Waals surface area (Å²) < 4.78 is 5.18. The van der Waals surface area contributed by atoms with Crippen molar-refractivity contribution in [3.8, 4) is 0 Å². The van der Waals surface area contributed by atoms with Crippen molar-refractivity contribution >= 4 is 5.91 Å². The molecule has 2 heterocycles. The van der Waals surface area contributed by atoms with Crippen molar-refractivity contribution in [1.82, 2.24) is 10.2 Å². The number of nitrogens with zero attached hydrogens (tertiary/aromatic N) is 1. The Kier molecular flexibility index (Phi) is 3.56. The van der Waals surface area contributed by atoms with Gasteiger partial charge in [-0.05, 0) is 25.4 Å². The van der Waals surface area contributed by atoms with Crippen molar-refractivity contribution in [2.75, 3.05) is 39.4 Å². The molecule has 0 aliphatic carbocycles. The molecule has 2 aliphatic rings. The van der Waals surface area contributed by atoms with Gasteiger partial charge in [0.15, 0.2) is 0 Å². The van der Waals surface area contributed by atoms with Crippen LogP contribution >= 0.6 is 0 Å². The van der Waals surface area contributed by atoms with Gasteiger partial charge in [0, 0.05) is 13.1 Å². The Balaban J connectivity index is 1.85. The fourth-order valence-electron chi connectivity index (χ4n) is 2.15. The second-order valence-electron chi connectivity index (χ2n) is 4.27. The highest BCUT2D eigenvalue weighted by atomic mass is 16.5. The molecule has 0 bridgehead atoms. The zero-order chi connectivity index (χ0) is 10.7. The first kappa shape index (κ1) is 10.9. The van der Waals surface area contributed by atoms with Gasteiger partial charge in [0.05, 0.1) is 12.7 Å². The quantitative estimate of drug-likeness (QED) is 0.620. The average Bonchev–Trinajstić information content (AvgIpc) is 2.74. The highest BCUT2D eigenvalue weighted by Gasteiger charge is 2.28. The zero-order valence-corrected chi connectivity index (χ0v) is 8.82. The second-order valence-corrected chi connectivity index (χ2v) is 4.27. The van der Waals surface area contributed by atoms with Gasteiger partial charge in [0.1, 0.15) is 6.61 Å². The molecule has 0 saturated carbocycles. The fourth-order valence-corrected chi connectivity index (χ4v) is 2.15. The lowest BCUT2D eigenvalue weighted by molar-refractivity contribution is -0.151. The third-order valence-corrected chi connectivity index (χ3v) is 3.06. The summed E-state index contributed by atoms with van der Waals surface area (Å²) in [6.45, 7) is 3.48. The molecule has 2 rings (SSSR count). The number of nitrogens with one attached hydrogen (secondary N) is 1. The highest BCUT2D eigenvalue weighted by molar-refractivity contribution is 5.78. The predicted molar refractivity (Wildman–Crippen MR) is 54.4 cm³/mol. The topological polar surface area (TPSA) is 61.8 Å². The fraction of sp³-hybridized carbons (Fsp3) is 0.900. The molecule has 2 aliphatic heterocycles. The maximum absolute atomic E-state index is 11.5. The van der Waals surface area contributed by atoms with E-state index in [-0.39, 0.29) is 25.2 Å². The Morgan fingerprint density at radius 1 is 1.60 bits per heavy atom. The van der Waals surface area contributed by atoms with Crippen LogP contribution in [0.4, 0.5) is 0 Å². The number of carbonyl (C=O) groups is 1. The molecule has 5 heteroatoms. The largest absolute Gasteiger partial charge is 0.394 e. The number of carbonyl (C=O) groups excluding carboxylic acids is 1. The first-order valence-electron chi connectivity index (χ1n) is 5.50. The minimum absolute atomic E-state index is 0.00725. The lowest BCUT2D eigenvalue weighted by Gasteiger charge is -2.33. The number of morpholine rings is 1. The number of ether oxygens (including phenoxy) is 1. The molecule has 0 aromatic rings. The molecular weight excluding hydrogens is 196 g/mol. The summed E-state index contributed by atoms with van der Waals surface area (Å²) in [6.07, 6.45) is 0.936. The van der Waals surface area contributed by atoms with E-state index in [9.17, 15) is 4.79 Å². The maximum Gasteiger partial charge on any atom is 0.248 e. The van der Waals surface area contributed by atoms with E-state index < -0.39 is 0 Å². The van der Waals surface area contributed by atoms with Crippen molar-refractivity contribution in [3.05, 3.63) is 0 Å². The van der Waals surface area contributed by atoms with Crippen LogP contribution in [0.25, 0.3) is 0 Å². The van der Waals surface area contributed by atoms with E-state index in [1.54, 1.807) is 0 Å². The van der Waals surface area contributed by atoms with Crippen LogP contribution in [0.5, 0.6) is 0 Å². The average molecular weight is 214 g/mol. The van der Waals surface area contributed by atoms with Gasteiger partial charge in [-0.1, -0.05) is 0 Å². The summed E-state index contributed by atoms with van der Waals surface area (Å²) in [5.74, 6) is 0.609. The SMILES string of the molecule is O=C1COC(CO)CN1CC1CCNC1. The summed E-state index contributed by atoms with van der Waals surface area (Å²) in [5, 5.41) is 12.3. The van der Waals surface area contributed by atoms with Gasteiger partial charge < -0.3 is 20.1 Å². The molecule has 86 valence electrons. The highest BCUT2D eigenvalue weighted by Crippen LogP contribution is 2.13. The van der Waals surface area contributed by atoms with Crippen molar-refractivity contribution < 1.29 is 14.6 Å². The molecule has 2 fully saturated rings. The standard InChI is InChI=1S/C10H18N2O3/c13-6-9-5-12(10(14)7-15-9)4-8-1-2-11-3-8/h8-9,11,13H,1-7H2. The van der Waals surface area contributed by atoms with Crippen LogP contribution in [0.3, 0.4) is 0 Å². The lowest BCUT2D eigenvalue weighted by Crippen LogP contribution is -2.49. The van der Waals surface area contributed by atoms with E-state index in [1.165, 1.54) is 0 Å². The van der Waals surface area contributed by atoms with Crippen LogP contribution in [-0.2, 0) is 9.53 Å². The van der Waals surface area contributed by atoms with Gasteiger partial charge in [-0.2, -0.15) is 0 Å². The summed E-state index contributed by atoms with van der Waals surface area (Å²) in [5.41, 5.74) is 0. The van der Waals surface area contributed by atoms with E-state index in [4.69, 9.17) is 9.84 Å².